The number of fused-ring (bicyclic) bond motifs is 2. The number of nitrogens with two attached hydrogens (primary N) is 1. The third-order valence-electron chi connectivity index (χ3n) is 8.09. The van der Waals surface area contributed by atoms with Crippen LogP contribution in [-0.2, 0) is 32.0 Å². The monoisotopic (exact) mass is 588 g/mol. The van der Waals surface area contributed by atoms with Crippen LogP contribution < -0.4 is 16.4 Å². The summed E-state index contributed by atoms with van der Waals surface area (Å²) in [6.07, 6.45) is 3.41. The maximum Gasteiger partial charge on any atom is 0.326 e. The van der Waals surface area contributed by atoms with Gasteiger partial charge in [0.15, 0.2) is 0 Å². The van der Waals surface area contributed by atoms with Gasteiger partial charge in [0, 0.05) is 53.6 Å². The molecule has 1 fully saturated rings. The molecule has 1 aliphatic rings. The molecule has 2 aromatic carbocycles. The lowest BCUT2D eigenvalue weighted by Crippen LogP contribution is -2.58. The number of amides is 3. The number of nitrogens with one attached hydrogen (secondary N) is 4. The first-order chi connectivity index (χ1) is 20.6. The Morgan fingerprint density at radius 3 is 2.05 bits per heavy atom. The van der Waals surface area contributed by atoms with Crippen LogP contribution >= 0.6 is 0 Å². The third-order valence-corrected chi connectivity index (χ3v) is 8.09. The summed E-state index contributed by atoms with van der Waals surface area (Å²) in [6.45, 7) is 1.70. The van der Waals surface area contributed by atoms with Crippen LogP contribution in [0.5, 0.6) is 0 Å². The van der Waals surface area contributed by atoms with Crippen molar-refractivity contribution in [2.75, 3.05) is 6.54 Å². The van der Waals surface area contributed by atoms with E-state index < -0.39 is 54.0 Å². The minimum atomic E-state index is -1.26. The van der Waals surface area contributed by atoms with Gasteiger partial charge in [0.1, 0.15) is 24.2 Å². The number of aliphatic hydroxyl groups is 1. The van der Waals surface area contributed by atoms with Gasteiger partial charge < -0.3 is 41.4 Å². The highest BCUT2D eigenvalue weighted by atomic mass is 16.4. The number of aliphatic carboxylic acids is 1. The summed E-state index contributed by atoms with van der Waals surface area (Å²) in [5.41, 5.74) is 9.06. The van der Waals surface area contributed by atoms with Crippen molar-refractivity contribution in [1.29, 1.82) is 0 Å². The smallest absolute Gasteiger partial charge is 0.326 e. The second-order valence-electron chi connectivity index (χ2n) is 11.0. The molecule has 3 heterocycles. The van der Waals surface area contributed by atoms with Crippen molar-refractivity contribution in [2.24, 2.45) is 5.73 Å². The molecule has 5 rings (SSSR count). The summed E-state index contributed by atoms with van der Waals surface area (Å²) < 4.78 is 0. The summed E-state index contributed by atoms with van der Waals surface area (Å²) in [5.74, 6) is -2.97. The number of para-hydroxylation sites is 2. The number of carbonyl (C=O) groups excluding carboxylic acids is 3. The van der Waals surface area contributed by atoms with E-state index >= 15 is 0 Å². The van der Waals surface area contributed by atoms with E-state index in [9.17, 15) is 29.4 Å². The van der Waals surface area contributed by atoms with Gasteiger partial charge in [0.05, 0.1) is 6.10 Å². The Kier molecular flexibility index (Phi) is 8.78. The molecule has 4 aromatic rings. The molecule has 43 heavy (non-hydrogen) atoms. The third kappa shape index (κ3) is 6.40. The van der Waals surface area contributed by atoms with Crippen LogP contribution in [0.4, 0.5) is 0 Å². The number of carboxylic acid groups (broad SMARTS) is 1. The normalized spacial score (nSPS) is 17.8. The van der Waals surface area contributed by atoms with Gasteiger partial charge >= 0.3 is 5.97 Å². The second-order valence-corrected chi connectivity index (χ2v) is 11.0. The summed E-state index contributed by atoms with van der Waals surface area (Å²) in [5, 5.41) is 27.0. The average molecular weight is 589 g/mol. The molecule has 3 amide bonds. The molecule has 12 nitrogen and oxygen atoms in total. The summed E-state index contributed by atoms with van der Waals surface area (Å²) in [6, 6.07) is 10.5. The maximum absolute atomic E-state index is 13.7. The molecule has 5 unspecified atom stereocenters. The van der Waals surface area contributed by atoms with Crippen molar-refractivity contribution in [3.05, 3.63) is 72.1 Å². The molecule has 1 saturated heterocycles. The van der Waals surface area contributed by atoms with Crippen molar-refractivity contribution in [2.45, 2.75) is 62.9 Å². The van der Waals surface area contributed by atoms with Gasteiger partial charge in [-0.15, -0.1) is 0 Å². The van der Waals surface area contributed by atoms with Gasteiger partial charge in [-0.3, -0.25) is 14.4 Å². The van der Waals surface area contributed by atoms with Crippen molar-refractivity contribution in [1.82, 2.24) is 25.5 Å². The van der Waals surface area contributed by atoms with E-state index in [-0.39, 0.29) is 12.8 Å². The lowest BCUT2D eigenvalue weighted by Gasteiger charge is -2.29. The minimum Gasteiger partial charge on any atom is -0.480 e. The van der Waals surface area contributed by atoms with E-state index in [0.717, 1.165) is 32.9 Å². The number of hydrogen-bond acceptors (Lipinski definition) is 6. The largest absolute Gasteiger partial charge is 0.480 e. The zero-order chi connectivity index (χ0) is 30.7. The van der Waals surface area contributed by atoms with Gasteiger partial charge in [-0.1, -0.05) is 36.4 Å². The van der Waals surface area contributed by atoms with E-state index in [2.05, 4.69) is 20.6 Å². The van der Waals surface area contributed by atoms with Crippen LogP contribution in [0.2, 0.25) is 0 Å². The van der Waals surface area contributed by atoms with Gasteiger partial charge in [-0.25, -0.2) is 4.79 Å². The van der Waals surface area contributed by atoms with E-state index in [1.807, 2.05) is 48.5 Å². The van der Waals surface area contributed by atoms with E-state index in [4.69, 9.17) is 5.73 Å². The molecular weight excluding hydrogens is 552 g/mol. The fraction of sp³-hybridized carbons (Fsp3) is 0.355. The van der Waals surface area contributed by atoms with Crippen LogP contribution in [-0.4, -0.2) is 85.6 Å². The van der Waals surface area contributed by atoms with Gasteiger partial charge in [0.25, 0.3) is 0 Å². The lowest BCUT2D eigenvalue weighted by molar-refractivity contribution is -0.143. The number of carboxylic acids is 1. The number of rotatable bonds is 11. The number of carbonyl (C=O) groups is 4. The molecule has 12 heteroatoms. The molecule has 0 spiro atoms. The molecule has 226 valence electrons. The molecule has 0 aliphatic carbocycles. The zero-order valence-corrected chi connectivity index (χ0v) is 23.7. The molecule has 8 N–H and O–H groups in total. The van der Waals surface area contributed by atoms with E-state index in [1.54, 1.807) is 12.4 Å². The molecule has 1 aliphatic heterocycles. The Morgan fingerprint density at radius 2 is 1.49 bits per heavy atom. The SMILES string of the molecule is CC(O)C(N)C(=O)N1CCCC1C(=O)NC(Cc1c[nH]c2ccccc12)C(=O)NC(Cc1c[nH]c2ccccc12)C(=O)O. The number of likely N-dealkylation sites (tertiary alicyclic amines) is 1. The van der Waals surface area contributed by atoms with Crippen LogP contribution in [0.15, 0.2) is 60.9 Å². The first-order valence-corrected chi connectivity index (χ1v) is 14.3. The molecular formula is C31H36N6O6. The summed E-state index contributed by atoms with van der Waals surface area (Å²) in [4.78, 5) is 60.1. The summed E-state index contributed by atoms with van der Waals surface area (Å²) >= 11 is 0. The highest BCUT2D eigenvalue weighted by Gasteiger charge is 2.39. The maximum atomic E-state index is 13.7. The lowest BCUT2D eigenvalue weighted by atomic mass is 10.0. The zero-order valence-electron chi connectivity index (χ0n) is 23.7. The van der Waals surface area contributed by atoms with Gasteiger partial charge in [-0.2, -0.15) is 0 Å². The van der Waals surface area contributed by atoms with Crippen LogP contribution in [0, 0.1) is 0 Å². The topological polar surface area (TPSA) is 194 Å². The Balaban J connectivity index is 1.38. The predicted octanol–water partition coefficient (Wildman–Crippen LogP) is 1.19. The fourth-order valence-electron chi connectivity index (χ4n) is 5.69. The Labute approximate surface area is 247 Å². The highest BCUT2D eigenvalue weighted by molar-refractivity contribution is 5.95. The molecule has 0 saturated carbocycles. The number of nitrogens with zero attached hydrogens (tertiary/aromatic N) is 1. The standard InChI is InChI=1S/C31H36N6O6/c1-17(38)27(32)30(41)37-12-6-11-26(37)29(40)35-24(13-18-15-33-22-9-4-2-7-20(18)22)28(39)36-25(31(42)43)14-19-16-34-23-10-5-3-8-21(19)23/h2-5,7-10,15-17,24-27,33-34,38H,6,11-14,32H2,1H3,(H,35,40)(H,36,39)(H,42,43). The number of aliphatic hydroxyl groups excluding tert-OH is 1. The van der Waals surface area contributed by atoms with E-state index in [1.165, 1.54) is 11.8 Å². The quantitative estimate of drug-likeness (QED) is 0.137. The number of aromatic nitrogens is 2. The number of aromatic amines is 2. The molecule has 0 radical (unpaired) electrons. The Morgan fingerprint density at radius 1 is 0.930 bits per heavy atom. The van der Waals surface area contributed by atoms with Crippen molar-refractivity contribution in [3.63, 3.8) is 0 Å². The highest BCUT2D eigenvalue weighted by Crippen LogP contribution is 2.23. The van der Waals surface area contributed by atoms with Crippen molar-refractivity contribution < 1.29 is 29.4 Å². The van der Waals surface area contributed by atoms with Crippen LogP contribution in [0.3, 0.4) is 0 Å². The second kappa shape index (κ2) is 12.7. The first-order valence-electron chi connectivity index (χ1n) is 14.3. The van der Waals surface area contributed by atoms with E-state index in [0.29, 0.717) is 19.4 Å². The Bertz CT molecular complexity index is 1640. The van der Waals surface area contributed by atoms with Gasteiger partial charge in [0.2, 0.25) is 17.7 Å². The van der Waals surface area contributed by atoms with Crippen molar-refractivity contribution in [3.8, 4) is 0 Å². The number of hydrogen-bond donors (Lipinski definition) is 7. The first kappa shape index (κ1) is 29.8. The van der Waals surface area contributed by atoms with Crippen molar-refractivity contribution >= 4 is 45.5 Å². The molecule has 5 atom stereocenters. The predicted molar refractivity (Wildman–Crippen MR) is 160 cm³/mol. The Hall–Kier alpha value is -4.68. The summed E-state index contributed by atoms with van der Waals surface area (Å²) in [7, 11) is 0. The number of benzene rings is 2. The van der Waals surface area contributed by atoms with Gasteiger partial charge in [-0.05, 0) is 43.0 Å². The van der Waals surface area contributed by atoms with Crippen LogP contribution in [0.1, 0.15) is 30.9 Å². The number of H-pyrrole nitrogens is 2. The molecule has 0 bridgehead atoms. The minimum absolute atomic E-state index is 0.0287. The average Bonchev–Trinajstić information content (AvgIpc) is 3.74. The molecule has 2 aromatic heterocycles. The fourth-order valence-corrected chi connectivity index (χ4v) is 5.69. The van der Waals surface area contributed by atoms with Crippen LogP contribution in [0.25, 0.3) is 21.8 Å².